The van der Waals surface area contributed by atoms with Crippen molar-refractivity contribution >= 4 is 21.8 Å². The third-order valence-corrected chi connectivity index (χ3v) is 6.18. The van der Waals surface area contributed by atoms with E-state index < -0.39 is 0 Å². The van der Waals surface area contributed by atoms with Crippen molar-refractivity contribution < 1.29 is 9.47 Å². The molecule has 0 radical (unpaired) electrons. The molecule has 1 aliphatic rings. The van der Waals surface area contributed by atoms with E-state index in [2.05, 4.69) is 14.9 Å². The molecule has 160 valence electrons. The van der Waals surface area contributed by atoms with Crippen LogP contribution in [0.15, 0.2) is 59.4 Å². The van der Waals surface area contributed by atoms with Gasteiger partial charge in [0.2, 0.25) is 0 Å². The quantitative estimate of drug-likeness (QED) is 0.494. The normalized spacial score (nSPS) is 15.6. The molecule has 0 aliphatic carbocycles. The second-order valence-corrected chi connectivity index (χ2v) is 8.16. The van der Waals surface area contributed by atoms with Gasteiger partial charge in [0.1, 0.15) is 12.4 Å². The van der Waals surface area contributed by atoms with Crippen molar-refractivity contribution in [3.8, 4) is 17.0 Å². The minimum Gasteiger partial charge on any atom is -0.492 e. The van der Waals surface area contributed by atoms with E-state index in [0.29, 0.717) is 18.3 Å². The number of hydrogen-bond donors (Lipinski definition) is 2. The van der Waals surface area contributed by atoms with Gasteiger partial charge in [-0.05, 0) is 54.6 Å². The number of hydrogen-bond acceptors (Lipinski definition) is 4. The van der Waals surface area contributed by atoms with Gasteiger partial charge in [-0.15, -0.1) is 0 Å². The highest BCUT2D eigenvalue weighted by atomic mass is 16.5. The van der Waals surface area contributed by atoms with Gasteiger partial charge in [0, 0.05) is 43.2 Å². The van der Waals surface area contributed by atoms with Crippen LogP contribution in [0.1, 0.15) is 12.8 Å². The van der Waals surface area contributed by atoms with Crippen molar-refractivity contribution in [1.29, 1.82) is 0 Å². The van der Waals surface area contributed by atoms with E-state index in [0.717, 1.165) is 65.7 Å². The van der Waals surface area contributed by atoms with Crippen molar-refractivity contribution in [1.82, 2.24) is 14.9 Å². The number of H-pyrrole nitrogens is 2. The van der Waals surface area contributed by atoms with Crippen LogP contribution < -0.4 is 10.3 Å². The van der Waals surface area contributed by atoms with Crippen LogP contribution in [0.4, 0.5) is 0 Å². The van der Waals surface area contributed by atoms with Crippen molar-refractivity contribution in [2.24, 2.45) is 0 Å². The molecule has 1 fully saturated rings. The van der Waals surface area contributed by atoms with Crippen LogP contribution in [-0.4, -0.2) is 54.3 Å². The van der Waals surface area contributed by atoms with Crippen molar-refractivity contribution in [2.45, 2.75) is 18.9 Å². The molecule has 6 heteroatoms. The molecule has 0 bridgehead atoms. The third-order valence-electron chi connectivity index (χ3n) is 6.18. The molecule has 0 saturated carbocycles. The molecule has 0 unspecified atom stereocenters. The van der Waals surface area contributed by atoms with Gasteiger partial charge in [0.15, 0.2) is 0 Å². The Morgan fingerprint density at radius 2 is 1.77 bits per heavy atom. The maximum atomic E-state index is 12.6. The summed E-state index contributed by atoms with van der Waals surface area (Å²) in [7, 11) is 1.79. The van der Waals surface area contributed by atoms with E-state index in [9.17, 15) is 4.79 Å². The highest BCUT2D eigenvalue weighted by molar-refractivity contribution is 5.89. The maximum absolute atomic E-state index is 12.6. The van der Waals surface area contributed by atoms with Crippen molar-refractivity contribution in [2.75, 3.05) is 33.4 Å². The number of pyridine rings is 1. The topological polar surface area (TPSA) is 70.3 Å². The second kappa shape index (κ2) is 8.57. The van der Waals surface area contributed by atoms with Gasteiger partial charge < -0.3 is 19.4 Å². The van der Waals surface area contributed by atoms with Gasteiger partial charge >= 0.3 is 0 Å². The minimum absolute atomic E-state index is 0.0982. The van der Waals surface area contributed by atoms with E-state index in [-0.39, 0.29) is 5.56 Å². The Morgan fingerprint density at radius 1 is 0.968 bits per heavy atom. The smallest absolute Gasteiger partial charge is 0.257 e. The molecule has 0 spiro atoms. The highest BCUT2D eigenvalue weighted by Gasteiger charge is 2.18. The molecule has 6 nitrogen and oxygen atoms in total. The standard InChI is InChI=1S/C25H27N3O3/c1-30-19-8-10-28(11-9-19)12-13-31-20-6-7-23-18(14-20)16-24(26-23)21-15-17-4-2-3-5-22(17)27-25(21)29/h2-7,14-16,19,26H,8-13H2,1H3,(H,27,29). The number of para-hydroxylation sites is 1. The molecule has 1 saturated heterocycles. The predicted molar refractivity (Wildman–Crippen MR) is 124 cm³/mol. The summed E-state index contributed by atoms with van der Waals surface area (Å²) in [4.78, 5) is 21.4. The molecule has 2 aromatic heterocycles. The largest absolute Gasteiger partial charge is 0.492 e. The Hall–Kier alpha value is -3.09. The number of ether oxygens (including phenoxy) is 2. The van der Waals surface area contributed by atoms with E-state index in [4.69, 9.17) is 9.47 Å². The summed E-state index contributed by atoms with van der Waals surface area (Å²) < 4.78 is 11.4. The number of methoxy groups -OCH3 is 1. The molecule has 31 heavy (non-hydrogen) atoms. The zero-order valence-corrected chi connectivity index (χ0v) is 17.7. The fourth-order valence-corrected chi connectivity index (χ4v) is 4.35. The Morgan fingerprint density at radius 3 is 2.61 bits per heavy atom. The van der Waals surface area contributed by atoms with E-state index >= 15 is 0 Å². The second-order valence-electron chi connectivity index (χ2n) is 8.16. The molecule has 0 atom stereocenters. The molecular formula is C25H27N3O3. The lowest BCUT2D eigenvalue weighted by Gasteiger charge is -2.30. The number of benzene rings is 2. The maximum Gasteiger partial charge on any atom is 0.257 e. The first kappa shape index (κ1) is 19.8. The van der Waals surface area contributed by atoms with Gasteiger partial charge in [-0.25, -0.2) is 0 Å². The Kier molecular flexibility index (Phi) is 5.49. The molecule has 3 heterocycles. The summed E-state index contributed by atoms with van der Waals surface area (Å²) in [5.41, 5.74) is 3.17. The Bertz CT molecular complexity index is 1250. The lowest BCUT2D eigenvalue weighted by molar-refractivity contribution is 0.0375. The zero-order valence-electron chi connectivity index (χ0n) is 17.7. The number of aromatic amines is 2. The number of aromatic nitrogens is 2. The molecule has 1 aliphatic heterocycles. The fourth-order valence-electron chi connectivity index (χ4n) is 4.35. The number of fused-ring (bicyclic) bond motifs is 2. The lowest BCUT2D eigenvalue weighted by Crippen LogP contribution is -2.38. The molecule has 5 rings (SSSR count). The van der Waals surface area contributed by atoms with Crippen LogP contribution in [0.25, 0.3) is 33.1 Å². The first-order valence-corrected chi connectivity index (χ1v) is 10.8. The number of nitrogens with one attached hydrogen (secondary N) is 2. The summed E-state index contributed by atoms with van der Waals surface area (Å²) in [5, 5.41) is 2.04. The first-order valence-electron chi connectivity index (χ1n) is 10.8. The molecule has 0 amide bonds. The minimum atomic E-state index is -0.0982. The monoisotopic (exact) mass is 417 g/mol. The van der Waals surface area contributed by atoms with E-state index in [1.165, 1.54) is 0 Å². The summed E-state index contributed by atoms with van der Waals surface area (Å²) >= 11 is 0. The average molecular weight is 418 g/mol. The van der Waals surface area contributed by atoms with E-state index in [1.54, 1.807) is 7.11 Å². The van der Waals surface area contributed by atoms with Gasteiger partial charge in [-0.1, -0.05) is 18.2 Å². The van der Waals surface area contributed by atoms with Crippen molar-refractivity contribution in [3.63, 3.8) is 0 Å². The average Bonchev–Trinajstić information content (AvgIpc) is 3.22. The van der Waals surface area contributed by atoms with Gasteiger partial charge in [-0.2, -0.15) is 0 Å². The van der Waals surface area contributed by atoms with Crippen LogP contribution in [-0.2, 0) is 4.74 Å². The molecular weight excluding hydrogens is 390 g/mol. The van der Waals surface area contributed by atoms with Crippen LogP contribution in [0.3, 0.4) is 0 Å². The summed E-state index contributed by atoms with van der Waals surface area (Å²) in [6, 6.07) is 17.8. The van der Waals surface area contributed by atoms with Crippen LogP contribution in [0.2, 0.25) is 0 Å². The SMILES string of the molecule is COC1CCN(CCOc2ccc3[nH]c(-c4cc5ccccc5[nH]c4=O)cc3c2)CC1. The van der Waals surface area contributed by atoms with Crippen LogP contribution >= 0.6 is 0 Å². The summed E-state index contributed by atoms with van der Waals surface area (Å²) in [6.45, 7) is 3.69. The predicted octanol–water partition coefficient (Wildman–Crippen LogP) is 4.17. The molecule has 4 aromatic rings. The number of nitrogens with zero attached hydrogens (tertiary/aromatic N) is 1. The Balaban J connectivity index is 1.29. The number of rotatable bonds is 6. The van der Waals surface area contributed by atoms with Gasteiger partial charge in [0.25, 0.3) is 5.56 Å². The van der Waals surface area contributed by atoms with E-state index in [1.807, 2.05) is 54.6 Å². The van der Waals surface area contributed by atoms with Crippen molar-refractivity contribution in [3.05, 3.63) is 65.0 Å². The Labute approximate surface area is 180 Å². The van der Waals surface area contributed by atoms with Crippen LogP contribution in [0, 0.1) is 0 Å². The van der Waals surface area contributed by atoms with Gasteiger partial charge in [-0.3, -0.25) is 9.69 Å². The van der Waals surface area contributed by atoms with Gasteiger partial charge in [0.05, 0.1) is 17.4 Å². The lowest BCUT2D eigenvalue weighted by atomic mass is 10.1. The first-order chi connectivity index (χ1) is 15.2. The highest BCUT2D eigenvalue weighted by Crippen LogP contribution is 2.27. The number of piperidine rings is 1. The summed E-state index contributed by atoms with van der Waals surface area (Å²) in [5.74, 6) is 0.845. The fraction of sp³-hybridized carbons (Fsp3) is 0.320. The summed E-state index contributed by atoms with van der Waals surface area (Å²) in [6.07, 6.45) is 2.57. The zero-order chi connectivity index (χ0) is 21.2. The molecule has 2 N–H and O–H groups in total. The van der Waals surface area contributed by atoms with Crippen LogP contribution in [0.5, 0.6) is 5.75 Å². The number of likely N-dealkylation sites (tertiary alicyclic amines) is 1. The molecule has 2 aromatic carbocycles. The third kappa shape index (κ3) is 4.22.